The van der Waals surface area contributed by atoms with E-state index >= 15 is 0 Å². The summed E-state index contributed by atoms with van der Waals surface area (Å²) in [6, 6.07) is 9.99. The van der Waals surface area contributed by atoms with Crippen molar-refractivity contribution in [3.63, 3.8) is 0 Å². The van der Waals surface area contributed by atoms with Crippen molar-refractivity contribution in [1.29, 1.82) is 0 Å². The van der Waals surface area contributed by atoms with Crippen molar-refractivity contribution in [2.75, 3.05) is 31.6 Å². The molecule has 4 heterocycles. The maximum Gasteiger partial charge on any atom is 0.191 e. The first kappa shape index (κ1) is 19.1. The molecular formula is C20H26N8O. The van der Waals surface area contributed by atoms with Crippen molar-refractivity contribution in [3.05, 3.63) is 54.1 Å². The van der Waals surface area contributed by atoms with Crippen LogP contribution in [0.1, 0.15) is 18.3 Å². The average Bonchev–Trinajstić information content (AvgIpc) is 3.17. The number of anilines is 1. The number of nitrogens with one attached hydrogen (secondary N) is 2. The van der Waals surface area contributed by atoms with Gasteiger partial charge in [-0.15, -0.1) is 10.2 Å². The van der Waals surface area contributed by atoms with Crippen LogP contribution >= 0.6 is 0 Å². The number of aliphatic imine (C=N–C) groups is 1. The molecule has 9 heteroatoms. The van der Waals surface area contributed by atoms with E-state index in [9.17, 15) is 0 Å². The Morgan fingerprint density at radius 3 is 2.90 bits per heavy atom. The molecule has 152 valence electrons. The second-order valence-corrected chi connectivity index (χ2v) is 6.98. The summed E-state index contributed by atoms with van der Waals surface area (Å²) in [6.45, 7) is 5.74. The molecule has 4 rings (SSSR count). The topological polar surface area (TPSA) is 92.0 Å². The van der Waals surface area contributed by atoms with Crippen molar-refractivity contribution >= 4 is 17.4 Å². The highest BCUT2D eigenvalue weighted by Crippen LogP contribution is 2.15. The Labute approximate surface area is 169 Å². The Morgan fingerprint density at radius 1 is 1.21 bits per heavy atom. The molecule has 1 saturated heterocycles. The van der Waals surface area contributed by atoms with Crippen molar-refractivity contribution in [2.24, 2.45) is 4.99 Å². The van der Waals surface area contributed by atoms with Gasteiger partial charge >= 0.3 is 0 Å². The molecular weight excluding hydrogens is 368 g/mol. The van der Waals surface area contributed by atoms with Crippen LogP contribution in [0.15, 0.2) is 47.7 Å². The maximum atomic E-state index is 5.59. The average molecular weight is 394 g/mol. The fourth-order valence-electron chi connectivity index (χ4n) is 3.32. The minimum absolute atomic E-state index is 0.240. The monoisotopic (exact) mass is 394 g/mol. The van der Waals surface area contributed by atoms with Crippen LogP contribution in [0.3, 0.4) is 0 Å². The molecule has 1 unspecified atom stereocenters. The third kappa shape index (κ3) is 4.62. The van der Waals surface area contributed by atoms with E-state index in [0.717, 1.165) is 42.5 Å². The molecule has 3 aromatic rings. The lowest BCUT2D eigenvalue weighted by Crippen LogP contribution is -2.41. The number of hydrogen-bond donors (Lipinski definition) is 2. The minimum Gasteiger partial charge on any atom is -0.375 e. The molecule has 0 bridgehead atoms. The van der Waals surface area contributed by atoms with Gasteiger partial charge in [-0.05, 0) is 30.7 Å². The Morgan fingerprint density at radius 2 is 2.10 bits per heavy atom. The summed E-state index contributed by atoms with van der Waals surface area (Å²) >= 11 is 0. The molecule has 0 radical (unpaired) electrons. The Bertz CT molecular complexity index is 968. The summed E-state index contributed by atoms with van der Waals surface area (Å²) in [5, 5.41) is 15.0. The van der Waals surface area contributed by atoms with Gasteiger partial charge in [0.25, 0.3) is 0 Å². The molecule has 0 spiro atoms. The molecule has 2 N–H and O–H groups in total. The van der Waals surface area contributed by atoms with Crippen LogP contribution < -0.4 is 15.5 Å². The van der Waals surface area contributed by atoms with Gasteiger partial charge in [0, 0.05) is 39.1 Å². The molecule has 0 saturated carbocycles. The number of fused-ring (bicyclic) bond motifs is 1. The van der Waals surface area contributed by atoms with E-state index in [1.54, 1.807) is 7.05 Å². The Balaban J connectivity index is 1.30. The van der Waals surface area contributed by atoms with Crippen LogP contribution in [-0.2, 0) is 17.8 Å². The van der Waals surface area contributed by atoms with Gasteiger partial charge in [0.2, 0.25) is 0 Å². The highest BCUT2D eigenvalue weighted by Gasteiger charge is 2.17. The van der Waals surface area contributed by atoms with Crippen molar-refractivity contribution in [2.45, 2.75) is 26.1 Å². The van der Waals surface area contributed by atoms with Gasteiger partial charge in [-0.1, -0.05) is 12.1 Å². The van der Waals surface area contributed by atoms with Gasteiger partial charge in [-0.25, -0.2) is 4.98 Å². The molecule has 9 nitrogen and oxygen atoms in total. The number of aromatic nitrogens is 4. The quantitative estimate of drug-likeness (QED) is 0.496. The smallest absolute Gasteiger partial charge is 0.191 e. The van der Waals surface area contributed by atoms with E-state index < -0.39 is 0 Å². The zero-order chi connectivity index (χ0) is 20.1. The van der Waals surface area contributed by atoms with Crippen LogP contribution in [0.2, 0.25) is 0 Å². The molecule has 0 aliphatic carbocycles. The van der Waals surface area contributed by atoms with E-state index in [0.29, 0.717) is 19.0 Å². The Hall–Kier alpha value is -3.20. The number of hydrogen-bond acceptors (Lipinski definition) is 6. The van der Waals surface area contributed by atoms with Crippen molar-refractivity contribution in [1.82, 2.24) is 30.2 Å². The molecule has 1 aliphatic heterocycles. The SMILES string of the molecule is CN=C(NCc1ccc(N2CCOC(C)C2)nc1)NCc1nnc2ccccn12. The van der Waals surface area contributed by atoms with Crippen LogP contribution in [0.25, 0.3) is 5.65 Å². The minimum atomic E-state index is 0.240. The van der Waals surface area contributed by atoms with Gasteiger partial charge < -0.3 is 20.3 Å². The number of pyridine rings is 2. The van der Waals surface area contributed by atoms with Crippen LogP contribution in [0, 0.1) is 0 Å². The summed E-state index contributed by atoms with van der Waals surface area (Å²) in [6.07, 6.45) is 4.09. The lowest BCUT2D eigenvalue weighted by Gasteiger charge is -2.32. The van der Waals surface area contributed by atoms with E-state index in [2.05, 4.69) is 54.8 Å². The number of nitrogens with zero attached hydrogens (tertiary/aromatic N) is 6. The van der Waals surface area contributed by atoms with Gasteiger partial charge in [0.1, 0.15) is 5.82 Å². The molecule has 29 heavy (non-hydrogen) atoms. The fraction of sp³-hybridized carbons (Fsp3) is 0.400. The third-order valence-corrected chi connectivity index (χ3v) is 4.86. The van der Waals surface area contributed by atoms with Gasteiger partial charge in [0.15, 0.2) is 17.4 Å². The van der Waals surface area contributed by atoms with Gasteiger partial charge in [-0.3, -0.25) is 9.39 Å². The first-order valence-electron chi connectivity index (χ1n) is 9.77. The second kappa shape index (κ2) is 8.87. The predicted molar refractivity (Wildman–Crippen MR) is 112 cm³/mol. The number of rotatable bonds is 5. The van der Waals surface area contributed by atoms with Crippen LogP contribution in [-0.4, -0.2) is 58.4 Å². The lowest BCUT2D eigenvalue weighted by atomic mass is 10.2. The summed E-state index contributed by atoms with van der Waals surface area (Å²) < 4.78 is 7.55. The fourth-order valence-corrected chi connectivity index (χ4v) is 3.32. The summed E-state index contributed by atoms with van der Waals surface area (Å²) in [7, 11) is 1.75. The molecule has 1 atom stereocenters. The van der Waals surface area contributed by atoms with Crippen molar-refractivity contribution in [3.8, 4) is 0 Å². The molecule has 0 aromatic carbocycles. The van der Waals surface area contributed by atoms with E-state index in [-0.39, 0.29) is 6.10 Å². The number of ether oxygens (including phenoxy) is 1. The second-order valence-electron chi connectivity index (χ2n) is 6.98. The maximum absolute atomic E-state index is 5.59. The highest BCUT2D eigenvalue weighted by molar-refractivity contribution is 5.79. The van der Waals surface area contributed by atoms with Crippen LogP contribution in [0.4, 0.5) is 5.82 Å². The van der Waals surface area contributed by atoms with E-state index in [1.165, 1.54) is 0 Å². The van der Waals surface area contributed by atoms with E-state index in [1.807, 2.05) is 35.0 Å². The standard InChI is InChI=1S/C20H26N8O/c1-15-14-27(9-10-29-15)17-7-6-16(11-22-17)12-23-20(21-2)24-13-19-26-25-18-5-3-4-8-28(18)19/h3-8,11,15H,9-10,12-14H2,1-2H3,(H2,21,23,24). The normalized spacial score (nSPS) is 17.5. The largest absolute Gasteiger partial charge is 0.375 e. The summed E-state index contributed by atoms with van der Waals surface area (Å²) in [4.78, 5) is 11.1. The van der Waals surface area contributed by atoms with Gasteiger partial charge in [-0.2, -0.15) is 0 Å². The Kier molecular flexibility index (Phi) is 5.85. The zero-order valence-electron chi connectivity index (χ0n) is 16.7. The zero-order valence-corrected chi connectivity index (χ0v) is 16.7. The number of morpholine rings is 1. The summed E-state index contributed by atoms with van der Waals surface area (Å²) in [5.41, 5.74) is 1.92. The summed E-state index contributed by atoms with van der Waals surface area (Å²) in [5.74, 6) is 2.52. The lowest BCUT2D eigenvalue weighted by molar-refractivity contribution is 0.0529. The highest BCUT2D eigenvalue weighted by atomic mass is 16.5. The van der Waals surface area contributed by atoms with Gasteiger partial charge in [0.05, 0.1) is 19.3 Å². The number of guanidine groups is 1. The molecule has 1 aliphatic rings. The predicted octanol–water partition coefficient (Wildman–Crippen LogP) is 1.21. The molecule has 0 amide bonds. The first-order chi connectivity index (χ1) is 14.2. The molecule has 3 aromatic heterocycles. The van der Waals surface area contributed by atoms with E-state index in [4.69, 9.17) is 4.74 Å². The van der Waals surface area contributed by atoms with Crippen LogP contribution in [0.5, 0.6) is 0 Å². The molecule has 1 fully saturated rings. The third-order valence-electron chi connectivity index (χ3n) is 4.86. The van der Waals surface area contributed by atoms with Crippen molar-refractivity contribution < 1.29 is 4.74 Å². The first-order valence-corrected chi connectivity index (χ1v) is 9.77.